The summed E-state index contributed by atoms with van der Waals surface area (Å²) in [4.78, 5) is 7.05. The molecule has 0 aliphatic carbocycles. The lowest BCUT2D eigenvalue weighted by atomic mass is 10.1. The maximum atomic E-state index is 9.69. The number of hydrogen-bond donors (Lipinski definition) is 2. The summed E-state index contributed by atoms with van der Waals surface area (Å²) in [6.07, 6.45) is 3.89. The van der Waals surface area contributed by atoms with E-state index in [1.165, 1.54) is 0 Å². The summed E-state index contributed by atoms with van der Waals surface area (Å²) in [7, 11) is 3.94. The van der Waals surface area contributed by atoms with Crippen LogP contribution < -0.4 is 9.47 Å². The zero-order valence-corrected chi connectivity index (χ0v) is 22.2. The van der Waals surface area contributed by atoms with Gasteiger partial charge in [-0.15, -0.1) is 5.10 Å². The zero-order valence-electron chi connectivity index (χ0n) is 22.2. The highest BCUT2D eigenvalue weighted by Gasteiger charge is 2.24. The van der Waals surface area contributed by atoms with Gasteiger partial charge in [-0.3, -0.25) is 19.7 Å². The first-order valence-corrected chi connectivity index (χ1v) is 12.6. The van der Waals surface area contributed by atoms with Crippen LogP contribution in [0.1, 0.15) is 42.2 Å². The van der Waals surface area contributed by atoms with E-state index < -0.39 is 0 Å². The van der Waals surface area contributed by atoms with Crippen LogP contribution in [0.15, 0.2) is 6.07 Å². The van der Waals surface area contributed by atoms with Crippen molar-refractivity contribution in [2.45, 2.75) is 46.9 Å². The molecule has 1 aliphatic rings. The highest BCUT2D eigenvalue weighted by molar-refractivity contribution is 5.93. The molecule has 37 heavy (non-hydrogen) atoms. The van der Waals surface area contributed by atoms with Gasteiger partial charge >= 0.3 is 0 Å². The molecular formula is C26H34N8O3. The van der Waals surface area contributed by atoms with Crippen LogP contribution >= 0.6 is 0 Å². The number of aromatic amines is 1. The molecule has 0 amide bonds. The maximum Gasteiger partial charge on any atom is 0.240 e. The van der Waals surface area contributed by atoms with Crippen LogP contribution in [0, 0.1) is 13.8 Å². The van der Waals surface area contributed by atoms with Gasteiger partial charge < -0.3 is 14.6 Å². The zero-order chi connectivity index (χ0) is 26.3. The van der Waals surface area contributed by atoms with Crippen molar-refractivity contribution >= 4 is 23.1 Å². The maximum absolute atomic E-state index is 9.69. The Balaban J connectivity index is 1.73. The molecule has 5 heterocycles. The van der Waals surface area contributed by atoms with Crippen LogP contribution in [-0.2, 0) is 20.1 Å². The number of fused-ring (bicyclic) bond motifs is 4. The van der Waals surface area contributed by atoms with E-state index in [-0.39, 0.29) is 12.7 Å². The minimum absolute atomic E-state index is 0.0184. The van der Waals surface area contributed by atoms with Crippen LogP contribution in [0.25, 0.3) is 34.3 Å². The van der Waals surface area contributed by atoms with Crippen LogP contribution in [0.3, 0.4) is 0 Å². The fraction of sp³-hybridized carbons (Fsp3) is 0.462. The number of nitrogens with zero attached hydrogens (tertiary/aromatic N) is 7. The number of aryl methyl sites for hydroxylation is 3. The molecule has 11 heteroatoms. The largest absolute Gasteiger partial charge is 0.476 e. The summed E-state index contributed by atoms with van der Waals surface area (Å²) in [5, 5.41) is 27.7. The molecule has 0 saturated carbocycles. The Morgan fingerprint density at radius 2 is 2.00 bits per heavy atom. The number of H-pyrrole nitrogens is 1. The van der Waals surface area contributed by atoms with Crippen molar-refractivity contribution in [2.24, 2.45) is 7.05 Å². The summed E-state index contributed by atoms with van der Waals surface area (Å²) in [6.45, 7) is 10.0. The second-order valence-electron chi connectivity index (χ2n) is 9.52. The quantitative estimate of drug-likeness (QED) is 0.434. The minimum atomic E-state index is -0.127. The summed E-state index contributed by atoms with van der Waals surface area (Å²) < 4.78 is 16.0. The van der Waals surface area contributed by atoms with E-state index >= 15 is 0 Å². The lowest BCUT2D eigenvalue weighted by Crippen LogP contribution is -2.32. The predicted molar refractivity (Wildman–Crippen MR) is 141 cm³/mol. The van der Waals surface area contributed by atoms with E-state index in [0.717, 1.165) is 50.5 Å². The van der Waals surface area contributed by atoms with Gasteiger partial charge in [-0.25, -0.2) is 4.68 Å². The SMILES string of the molecule is CCOc1nn(CCO)c2c1/C=C/c1[nH]nc3c(C)nc(cc13)-c1c(C)nn(C)c1O[C@H](C)CN(C)C2. The first-order valence-electron chi connectivity index (χ1n) is 12.6. The average molecular weight is 507 g/mol. The minimum Gasteiger partial charge on any atom is -0.476 e. The van der Waals surface area contributed by atoms with E-state index in [1.807, 2.05) is 64.7 Å². The molecular weight excluding hydrogens is 472 g/mol. The van der Waals surface area contributed by atoms with Gasteiger partial charge in [0.25, 0.3) is 0 Å². The molecule has 0 saturated heterocycles. The summed E-state index contributed by atoms with van der Waals surface area (Å²) >= 11 is 0. The Kier molecular flexibility index (Phi) is 6.74. The molecule has 11 nitrogen and oxygen atoms in total. The van der Waals surface area contributed by atoms with E-state index in [9.17, 15) is 5.11 Å². The number of rotatable bonds is 4. The number of aromatic nitrogens is 7. The number of likely N-dealkylation sites (N-methyl/N-ethyl adjacent to an activating group) is 1. The smallest absolute Gasteiger partial charge is 0.240 e. The Morgan fingerprint density at radius 1 is 1.19 bits per heavy atom. The number of pyridine rings is 1. The Morgan fingerprint density at radius 3 is 2.76 bits per heavy atom. The molecule has 0 spiro atoms. The summed E-state index contributed by atoms with van der Waals surface area (Å²) in [6, 6.07) is 2.04. The van der Waals surface area contributed by atoms with Crippen molar-refractivity contribution in [1.82, 2.24) is 39.6 Å². The van der Waals surface area contributed by atoms with Crippen LogP contribution in [0.4, 0.5) is 0 Å². The van der Waals surface area contributed by atoms with Gasteiger partial charge in [0.05, 0.1) is 59.4 Å². The summed E-state index contributed by atoms with van der Waals surface area (Å²) in [5.41, 5.74) is 6.85. The molecule has 4 aromatic rings. The lowest BCUT2D eigenvalue weighted by Gasteiger charge is -2.23. The summed E-state index contributed by atoms with van der Waals surface area (Å²) in [5.74, 6) is 1.23. The molecule has 1 atom stereocenters. The van der Waals surface area contributed by atoms with Crippen molar-refractivity contribution in [1.29, 1.82) is 0 Å². The molecule has 2 N–H and O–H groups in total. The van der Waals surface area contributed by atoms with Crippen LogP contribution in [0.5, 0.6) is 11.8 Å². The molecule has 0 unspecified atom stereocenters. The monoisotopic (exact) mass is 506 g/mol. The van der Waals surface area contributed by atoms with E-state index in [4.69, 9.17) is 14.5 Å². The third-order valence-corrected chi connectivity index (χ3v) is 6.55. The van der Waals surface area contributed by atoms with Gasteiger partial charge in [0.1, 0.15) is 11.6 Å². The van der Waals surface area contributed by atoms with Gasteiger partial charge in [-0.1, -0.05) is 0 Å². The predicted octanol–water partition coefficient (Wildman–Crippen LogP) is 2.95. The second-order valence-corrected chi connectivity index (χ2v) is 9.52. The van der Waals surface area contributed by atoms with Crippen molar-refractivity contribution in [2.75, 3.05) is 26.8 Å². The van der Waals surface area contributed by atoms with E-state index in [2.05, 4.69) is 25.3 Å². The van der Waals surface area contributed by atoms with Crippen molar-refractivity contribution < 1.29 is 14.6 Å². The molecule has 0 fully saturated rings. The van der Waals surface area contributed by atoms with Crippen LogP contribution in [-0.4, -0.2) is 77.7 Å². The molecule has 196 valence electrons. The fourth-order valence-corrected chi connectivity index (χ4v) is 5.01. The highest BCUT2D eigenvalue weighted by Crippen LogP contribution is 2.36. The van der Waals surface area contributed by atoms with Gasteiger partial charge in [-0.05, 0) is 53.0 Å². The average Bonchev–Trinajstić information content (AvgIpc) is 3.47. The molecule has 0 radical (unpaired) electrons. The molecule has 2 bridgehead atoms. The van der Waals surface area contributed by atoms with Crippen molar-refractivity contribution in [3.8, 4) is 23.0 Å². The Labute approximate surface area is 215 Å². The number of ether oxygens (including phenoxy) is 2. The molecule has 4 aromatic heterocycles. The number of aliphatic hydroxyl groups excluding tert-OH is 1. The van der Waals surface area contributed by atoms with Gasteiger partial charge in [0.15, 0.2) is 0 Å². The molecule has 0 aromatic carbocycles. The van der Waals surface area contributed by atoms with Gasteiger partial charge in [0, 0.05) is 25.5 Å². The third-order valence-electron chi connectivity index (χ3n) is 6.55. The van der Waals surface area contributed by atoms with Crippen molar-refractivity contribution in [3.63, 3.8) is 0 Å². The molecule has 1 aliphatic heterocycles. The topological polar surface area (TPSA) is 119 Å². The number of aliphatic hydroxyl groups is 1. The fourth-order valence-electron chi connectivity index (χ4n) is 5.01. The van der Waals surface area contributed by atoms with Crippen LogP contribution in [0.2, 0.25) is 0 Å². The van der Waals surface area contributed by atoms with E-state index in [0.29, 0.717) is 38.0 Å². The number of hydrogen-bond acceptors (Lipinski definition) is 8. The van der Waals surface area contributed by atoms with E-state index in [1.54, 1.807) is 4.68 Å². The first kappa shape index (κ1) is 25.0. The van der Waals surface area contributed by atoms with Crippen molar-refractivity contribution in [3.05, 3.63) is 34.4 Å². The second kappa shape index (κ2) is 9.98. The van der Waals surface area contributed by atoms with Gasteiger partial charge in [0.2, 0.25) is 11.8 Å². The Bertz CT molecular complexity index is 1460. The standard InChI is InChI=1S/C26H34N8O3/c1-7-36-25-18-8-9-20-19-12-21(27-17(4)24(19)29-28-20)23-16(3)30-33(6)26(23)37-15(2)13-32(5)14-22(18)34(31-25)10-11-35/h8-9,12,15,35H,7,10-11,13-14H2,1-6H3,(H,28,29)/b9-8+/t15-/m1/s1. The van der Waals surface area contributed by atoms with Gasteiger partial charge in [-0.2, -0.15) is 10.2 Å². The molecule has 5 rings (SSSR count). The normalized spacial score (nSPS) is 17.2. The Hall–Kier alpha value is -3.70. The first-order chi connectivity index (χ1) is 17.8. The highest BCUT2D eigenvalue weighted by atomic mass is 16.5. The third kappa shape index (κ3) is 4.60. The lowest BCUT2D eigenvalue weighted by molar-refractivity contribution is 0.146. The number of nitrogens with one attached hydrogen (secondary N) is 1.